The van der Waals surface area contributed by atoms with Crippen molar-refractivity contribution in [2.45, 2.75) is 9.50 Å². The van der Waals surface area contributed by atoms with Crippen LogP contribution in [-0.2, 0) is 16.6 Å². The molecule has 2 amide bonds. The van der Waals surface area contributed by atoms with Crippen LogP contribution in [0.25, 0.3) is 10.2 Å². The first-order chi connectivity index (χ1) is 16.0. The molecule has 0 bridgehead atoms. The smallest absolute Gasteiger partial charge is 0.234 e. The zero-order chi connectivity index (χ0) is 23.2. The Bertz CT molecular complexity index is 1290. The summed E-state index contributed by atoms with van der Waals surface area (Å²) in [6, 6.07) is 12.8. The number of thioether (sulfide) groups is 2. The number of nitrogens with one attached hydrogen (secondary N) is 2. The van der Waals surface area contributed by atoms with Gasteiger partial charge in [0.15, 0.2) is 9.50 Å². The number of para-hydroxylation sites is 2. The molecule has 0 radical (unpaired) electrons. The summed E-state index contributed by atoms with van der Waals surface area (Å²) in [6.07, 6.45) is 1.59. The second kappa shape index (κ2) is 10.7. The van der Waals surface area contributed by atoms with Crippen molar-refractivity contribution in [1.82, 2.24) is 19.7 Å². The van der Waals surface area contributed by atoms with Crippen molar-refractivity contribution >= 4 is 68.3 Å². The lowest BCUT2D eigenvalue weighted by Crippen LogP contribution is -2.14. The van der Waals surface area contributed by atoms with E-state index in [0.717, 1.165) is 14.6 Å². The number of aromatic nitrogens is 4. The third kappa shape index (κ3) is 6.03. The van der Waals surface area contributed by atoms with Gasteiger partial charge >= 0.3 is 0 Å². The molecule has 170 valence electrons. The van der Waals surface area contributed by atoms with E-state index in [1.54, 1.807) is 30.1 Å². The van der Waals surface area contributed by atoms with Gasteiger partial charge in [0, 0.05) is 12.7 Å². The number of fused-ring (bicyclic) bond motifs is 1. The molecule has 2 N–H and O–H groups in total. The second-order valence-electron chi connectivity index (χ2n) is 6.76. The van der Waals surface area contributed by atoms with E-state index in [9.17, 15) is 9.59 Å². The Hall–Kier alpha value is -3.09. The number of hydrogen-bond acceptors (Lipinski definition) is 9. The Morgan fingerprint density at radius 3 is 2.67 bits per heavy atom. The average molecular weight is 501 g/mol. The van der Waals surface area contributed by atoms with Gasteiger partial charge in [0.1, 0.15) is 12.1 Å². The van der Waals surface area contributed by atoms with Gasteiger partial charge in [-0.1, -0.05) is 35.7 Å². The minimum atomic E-state index is -0.142. The SMILES string of the molecule is COc1ccccc1NC(=O)CSc1nc2ccc(NC(=O)CSc3nncn3C)cc2s1. The number of thiazole rings is 1. The standard InChI is InChI=1S/C21H20N6O3S3/c1-27-12-22-26-20(27)31-10-18(28)23-13-7-8-15-17(9-13)33-21(25-15)32-11-19(29)24-14-5-3-4-6-16(14)30-2/h3-9,12H,10-11H2,1-2H3,(H,23,28)(H,24,29). The number of methoxy groups -OCH3 is 1. The normalized spacial score (nSPS) is 10.8. The number of carbonyl (C=O) groups excluding carboxylic acids is 2. The summed E-state index contributed by atoms with van der Waals surface area (Å²) < 4.78 is 8.73. The third-order valence-electron chi connectivity index (χ3n) is 4.36. The lowest BCUT2D eigenvalue weighted by atomic mass is 10.3. The molecule has 0 fully saturated rings. The van der Waals surface area contributed by atoms with E-state index >= 15 is 0 Å². The fraction of sp³-hybridized carbons (Fsp3) is 0.190. The highest BCUT2D eigenvalue weighted by Crippen LogP contribution is 2.32. The number of rotatable bonds is 9. The van der Waals surface area contributed by atoms with Crippen LogP contribution in [0, 0.1) is 0 Å². The highest BCUT2D eigenvalue weighted by molar-refractivity contribution is 8.01. The molecule has 0 aliphatic carbocycles. The number of benzene rings is 2. The largest absolute Gasteiger partial charge is 0.495 e. The monoisotopic (exact) mass is 500 g/mol. The molecule has 2 aromatic heterocycles. The lowest BCUT2D eigenvalue weighted by molar-refractivity contribution is -0.114. The maximum Gasteiger partial charge on any atom is 0.234 e. The van der Waals surface area contributed by atoms with Gasteiger partial charge in [-0.2, -0.15) is 0 Å². The number of aryl methyl sites for hydroxylation is 1. The quantitative estimate of drug-likeness (QED) is 0.333. The summed E-state index contributed by atoms with van der Waals surface area (Å²) in [5.41, 5.74) is 2.15. The molecule has 2 heterocycles. The number of ether oxygens (including phenoxy) is 1. The molecule has 2 aromatic carbocycles. The molecule has 0 spiro atoms. The molecule has 0 aliphatic rings. The zero-order valence-corrected chi connectivity index (χ0v) is 20.2. The molecule has 33 heavy (non-hydrogen) atoms. The predicted octanol–water partition coefficient (Wildman–Crippen LogP) is 3.90. The minimum absolute atomic E-state index is 0.130. The van der Waals surface area contributed by atoms with E-state index in [4.69, 9.17) is 4.74 Å². The molecule has 0 atom stereocenters. The molecule has 12 heteroatoms. The summed E-state index contributed by atoms with van der Waals surface area (Å²) in [7, 11) is 3.39. The first-order valence-corrected chi connectivity index (χ1v) is 12.5. The highest BCUT2D eigenvalue weighted by atomic mass is 32.2. The van der Waals surface area contributed by atoms with Crippen molar-refractivity contribution in [3.8, 4) is 5.75 Å². The van der Waals surface area contributed by atoms with Gasteiger partial charge in [-0.25, -0.2) is 4.98 Å². The van der Waals surface area contributed by atoms with Crippen LogP contribution in [0.15, 0.2) is 58.3 Å². The van der Waals surface area contributed by atoms with Gasteiger partial charge in [-0.15, -0.1) is 21.5 Å². The Morgan fingerprint density at radius 2 is 1.88 bits per heavy atom. The Labute approximate surface area is 202 Å². The molecule has 9 nitrogen and oxygen atoms in total. The summed E-state index contributed by atoms with van der Waals surface area (Å²) in [5, 5.41) is 14.2. The van der Waals surface area contributed by atoms with Crippen LogP contribution in [0.1, 0.15) is 0 Å². The minimum Gasteiger partial charge on any atom is -0.495 e. The fourth-order valence-electron chi connectivity index (χ4n) is 2.83. The molecule has 0 saturated heterocycles. The van der Waals surface area contributed by atoms with Crippen LogP contribution in [0.2, 0.25) is 0 Å². The average Bonchev–Trinajstić information content (AvgIpc) is 3.41. The number of carbonyl (C=O) groups is 2. The van der Waals surface area contributed by atoms with Gasteiger partial charge in [-0.3, -0.25) is 9.59 Å². The lowest BCUT2D eigenvalue weighted by Gasteiger charge is -2.09. The van der Waals surface area contributed by atoms with E-state index in [1.165, 1.54) is 34.9 Å². The van der Waals surface area contributed by atoms with Gasteiger partial charge < -0.3 is 19.9 Å². The maximum atomic E-state index is 12.3. The zero-order valence-electron chi connectivity index (χ0n) is 17.8. The number of nitrogens with zero attached hydrogens (tertiary/aromatic N) is 4. The first kappa shape index (κ1) is 23.1. The van der Waals surface area contributed by atoms with Crippen LogP contribution in [0.5, 0.6) is 5.75 Å². The first-order valence-electron chi connectivity index (χ1n) is 9.74. The van der Waals surface area contributed by atoms with Gasteiger partial charge in [0.2, 0.25) is 11.8 Å². The van der Waals surface area contributed by atoms with Crippen molar-refractivity contribution in [3.05, 3.63) is 48.8 Å². The van der Waals surface area contributed by atoms with Gasteiger partial charge in [0.05, 0.1) is 34.5 Å². The summed E-state index contributed by atoms with van der Waals surface area (Å²) >= 11 is 4.16. The molecular weight excluding hydrogens is 480 g/mol. The molecule has 0 aliphatic heterocycles. The van der Waals surface area contributed by atoms with E-state index in [-0.39, 0.29) is 23.3 Å². The maximum absolute atomic E-state index is 12.3. The molecule has 4 aromatic rings. The number of amides is 2. The predicted molar refractivity (Wildman–Crippen MR) is 132 cm³/mol. The number of hydrogen-bond donors (Lipinski definition) is 2. The van der Waals surface area contributed by atoms with E-state index in [1.807, 2.05) is 37.4 Å². The fourth-order valence-corrected chi connectivity index (χ4v) is 5.43. The van der Waals surface area contributed by atoms with Crippen molar-refractivity contribution in [2.24, 2.45) is 7.05 Å². The van der Waals surface area contributed by atoms with Gasteiger partial charge in [-0.05, 0) is 30.3 Å². The van der Waals surface area contributed by atoms with Crippen LogP contribution in [0.4, 0.5) is 11.4 Å². The second-order valence-corrected chi connectivity index (χ2v) is 9.96. The molecule has 0 saturated carbocycles. The number of anilines is 2. The van der Waals surface area contributed by atoms with Crippen molar-refractivity contribution in [2.75, 3.05) is 29.2 Å². The van der Waals surface area contributed by atoms with E-state index < -0.39 is 0 Å². The molecule has 0 unspecified atom stereocenters. The van der Waals surface area contributed by atoms with Crippen molar-refractivity contribution in [1.29, 1.82) is 0 Å². The third-order valence-corrected chi connectivity index (χ3v) is 7.56. The van der Waals surface area contributed by atoms with Crippen LogP contribution in [-0.4, -0.2) is 50.2 Å². The molecule has 4 rings (SSSR count). The van der Waals surface area contributed by atoms with Crippen LogP contribution >= 0.6 is 34.9 Å². The Kier molecular flexibility index (Phi) is 7.47. The highest BCUT2D eigenvalue weighted by Gasteiger charge is 2.12. The van der Waals surface area contributed by atoms with Crippen LogP contribution in [0.3, 0.4) is 0 Å². The van der Waals surface area contributed by atoms with Crippen molar-refractivity contribution < 1.29 is 14.3 Å². The molecular formula is C21H20N6O3S3. The summed E-state index contributed by atoms with van der Waals surface area (Å²) in [4.78, 5) is 29.2. The van der Waals surface area contributed by atoms with E-state index in [0.29, 0.717) is 22.3 Å². The van der Waals surface area contributed by atoms with Crippen LogP contribution < -0.4 is 15.4 Å². The Balaban J connectivity index is 1.32. The summed E-state index contributed by atoms with van der Waals surface area (Å²) in [5.74, 6) is 0.795. The van der Waals surface area contributed by atoms with E-state index in [2.05, 4.69) is 25.8 Å². The Morgan fingerprint density at radius 1 is 1.09 bits per heavy atom. The van der Waals surface area contributed by atoms with Crippen molar-refractivity contribution in [3.63, 3.8) is 0 Å². The van der Waals surface area contributed by atoms with Gasteiger partial charge in [0.25, 0.3) is 0 Å². The topological polar surface area (TPSA) is 111 Å². The summed E-state index contributed by atoms with van der Waals surface area (Å²) in [6.45, 7) is 0.